The quantitative estimate of drug-likeness (QED) is 0.700. The van der Waals surface area contributed by atoms with Crippen LogP contribution in [0.5, 0.6) is 5.75 Å². The van der Waals surface area contributed by atoms with Crippen molar-refractivity contribution in [2.24, 2.45) is 5.10 Å². The van der Waals surface area contributed by atoms with Crippen molar-refractivity contribution in [3.05, 3.63) is 53.9 Å². The maximum atomic E-state index is 10.0. The zero-order valence-electron chi connectivity index (χ0n) is 11.0. The van der Waals surface area contributed by atoms with Crippen LogP contribution >= 0.6 is 0 Å². The lowest BCUT2D eigenvalue weighted by Crippen LogP contribution is -1.97. The molecule has 2 aromatic carbocycles. The first-order chi connectivity index (χ1) is 9.65. The molecule has 100 valence electrons. The van der Waals surface area contributed by atoms with Gasteiger partial charge in [0.1, 0.15) is 5.75 Å². The van der Waals surface area contributed by atoms with Gasteiger partial charge in [-0.1, -0.05) is 30.3 Å². The molecule has 20 heavy (non-hydrogen) atoms. The van der Waals surface area contributed by atoms with Crippen molar-refractivity contribution in [1.29, 1.82) is 0 Å². The summed E-state index contributed by atoms with van der Waals surface area (Å²) < 4.78 is 1.48. The number of aromatic nitrogens is 2. The van der Waals surface area contributed by atoms with E-state index in [9.17, 15) is 5.11 Å². The molecule has 5 heteroatoms. The van der Waals surface area contributed by atoms with Crippen LogP contribution in [0, 0.1) is 6.92 Å². The lowest BCUT2D eigenvalue weighted by Gasteiger charge is -2.04. The molecule has 3 N–H and O–H groups in total. The molecule has 0 saturated heterocycles. The second-order valence-electron chi connectivity index (χ2n) is 4.55. The third kappa shape index (κ3) is 2.09. The number of phenolic OH excluding ortho intramolecular Hbond substituents is 1. The Labute approximate surface area is 116 Å². The van der Waals surface area contributed by atoms with Crippen molar-refractivity contribution in [2.75, 3.05) is 5.73 Å². The van der Waals surface area contributed by atoms with E-state index in [-0.39, 0.29) is 5.75 Å². The van der Waals surface area contributed by atoms with Crippen molar-refractivity contribution < 1.29 is 5.11 Å². The molecule has 0 bridgehead atoms. The summed E-state index contributed by atoms with van der Waals surface area (Å²) in [4.78, 5) is 4.07. The van der Waals surface area contributed by atoms with E-state index in [0.717, 1.165) is 16.5 Å². The number of aryl methyl sites for hydroxylation is 1. The molecular formula is C15H14N4O. The maximum absolute atomic E-state index is 10.0. The van der Waals surface area contributed by atoms with E-state index in [1.807, 2.05) is 37.3 Å². The molecule has 0 fully saturated rings. The average Bonchev–Trinajstić information content (AvgIpc) is 2.76. The number of anilines is 1. The average molecular weight is 266 g/mol. The number of nitrogens with two attached hydrogens (primary N) is 1. The fourth-order valence-corrected chi connectivity index (χ4v) is 2.14. The Balaban J connectivity index is 2.10. The maximum Gasteiger partial charge on any atom is 0.221 e. The van der Waals surface area contributed by atoms with E-state index < -0.39 is 0 Å². The molecule has 0 saturated carbocycles. The van der Waals surface area contributed by atoms with E-state index in [1.54, 1.807) is 18.5 Å². The minimum Gasteiger partial charge on any atom is -0.507 e. The summed E-state index contributed by atoms with van der Waals surface area (Å²) in [5, 5.41) is 16.2. The number of phenols is 1. The third-order valence-electron chi connectivity index (χ3n) is 3.09. The van der Waals surface area contributed by atoms with Gasteiger partial charge in [0.25, 0.3) is 0 Å². The summed E-state index contributed by atoms with van der Waals surface area (Å²) in [6, 6.07) is 11.3. The monoisotopic (exact) mass is 266 g/mol. The number of nitrogens with zero attached hydrogens (tertiary/aromatic N) is 3. The topological polar surface area (TPSA) is 76.4 Å². The molecule has 0 aliphatic heterocycles. The molecule has 5 nitrogen and oxygen atoms in total. The second-order valence-corrected chi connectivity index (χ2v) is 4.55. The van der Waals surface area contributed by atoms with Crippen molar-refractivity contribution in [2.45, 2.75) is 6.92 Å². The van der Waals surface area contributed by atoms with Crippen LogP contribution in [0.25, 0.3) is 10.8 Å². The highest BCUT2D eigenvalue weighted by molar-refractivity contribution is 6.02. The molecule has 1 heterocycles. The molecule has 0 aliphatic rings. The van der Waals surface area contributed by atoms with Gasteiger partial charge < -0.3 is 10.8 Å². The molecule has 3 aromatic rings. The predicted octanol–water partition coefficient (Wildman–Crippen LogP) is 2.51. The number of fused-ring (bicyclic) bond motifs is 1. The lowest BCUT2D eigenvalue weighted by molar-refractivity contribution is 0.475. The van der Waals surface area contributed by atoms with Gasteiger partial charge in [0.2, 0.25) is 5.95 Å². The molecule has 0 aliphatic carbocycles. The van der Waals surface area contributed by atoms with Gasteiger partial charge in [0.15, 0.2) is 0 Å². The minimum atomic E-state index is 0.183. The van der Waals surface area contributed by atoms with Crippen LogP contribution in [0.15, 0.2) is 47.7 Å². The predicted molar refractivity (Wildman–Crippen MR) is 80.0 cm³/mol. The van der Waals surface area contributed by atoms with Crippen molar-refractivity contribution >= 4 is 22.9 Å². The number of rotatable bonds is 2. The number of nitrogen functional groups attached to an aromatic ring is 1. The minimum absolute atomic E-state index is 0.183. The van der Waals surface area contributed by atoms with Crippen LogP contribution in [0.1, 0.15) is 11.3 Å². The molecule has 0 unspecified atom stereocenters. The Morgan fingerprint density at radius 1 is 1.25 bits per heavy atom. The lowest BCUT2D eigenvalue weighted by atomic mass is 10.0. The van der Waals surface area contributed by atoms with Gasteiger partial charge in [-0.15, -0.1) is 0 Å². The van der Waals surface area contributed by atoms with Crippen LogP contribution in [0.3, 0.4) is 0 Å². The first-order valence-corrected chi connectivity index (χ1v) is 6.21. The molecule has 1 aromatic heterocycles. The van der Waals surface area contributed by atoms with Gasteiger partial charge >= 0.3 is 0 Å². The summed E-state index contributed by atoms with van der Waals surface area (Å²) >= 11 is 0. The molecule has 0 atom stereocenters. The first kappa shape index (κ1) is 12.2. The van der Waals surface area contributed by atoms with Crippen LogP contribution in [-0.4, -0.2) is 21.0 Å². The van der Waals surface area contributed by atoms with Crippen molar-refractivity contribution in [3.8, 4) is 5.75 Å². The Morgan fingerprint density at radius 2 is 2.05 bits per heavy atom. The largest absolute Gasteiger partial charge is 0.507 e. The summed E-state index contributed by atoms with van der Waals surface area (Å²) in [6.07, 6.45) is 3.32. The number of aromatic hydroxyl groups is 1. The van der Waals surface area contributed by atoms with Crippen molar-refractivity contribution in [3.63, 3.8) is 0 Å². The number of hydrogen-bond acceptors (Lipinski definition) is 4. The molecular weight excluding hydrogens is 252 g/mol. The SMILES string of the molecule is Cc1cn(N=Cc2c(O)ccc3ccccc23)c(N)n1. The molecule has 0 radical (unpaired) electrons. The fraction of sp³-hybridized carbons (Fsp3) is 0.0667. The van der Waals surface area contributed by atoms with Crippen LogP contribution in [0.4, 0.5) is 5.95 Å². The van der Waals surface area contributed by atoms with Crippen LogP contribution in [0.2, 0.25) is 0 Å². The van der Waals surface area contributed by atoms with E-state index in [1.165, 1.54) is 4.68 Å². The fourth-order valence-electron chi connectivity index (χ4n) is 2.14. The standard InChI is InChI=1S/C15H14N4O/c1-10-9-19(15(16)18-10)17-8-13-12-5-3-2-4-11(12)6-7-14(13)20/h2-9,20H,1H3,(H2,16,18). The van der Waals surface area contributed by atoms with Crippen LogP contribution in [-0.2, 0) is 0 Å². The smallest absolute Gasteiger partial charge is 0.221 e. The Morgan fingerprint density at radius 3 is 2.80 bits per heavy atom. The summed E-state index contributed by atoms with van der Waals surface area (Å²) in [5.74, 6) is 0.501. The van der Waals surface area contributed by atoms with E-state index >= 15 is 0 Å². The van der Waals surface area contributed by atoms with Gasteiger partial charge in [-0.2, -0.15) is 5.10 Å². The second kappa shape index (κ2) is 4.70. The highest BCUT2D eigenvalue weighted by Gasteiger charge is 2.05. The Bertz CT molecular complexity index is 805. The van der Waals surface area contributed by atoms with Gasteiger partial charge in [0.05, 0.1) is 18.1 Å². The van der Waals surface area contributed by atoms with Gasteiger partial charge in [0, 0.05) is 5.56 Å². The van der Waals surface area contributed by atoms with Gasteiger partial charge in [-0.3, -0.25) is 0 Å². The number of benzene rings is 2. The van der Waals surface area contributed by atoms with Crippen LogP contribution < -0.4 is 5.73 Å². The Kier molecular flexibility index (Phi) is 2.87. The summed E-state index contributed by atoms with van der Waals surface area (Å²) in [7, 11) is 0. The van der Waals surface area contributed by atoms with Gasteiger partial charge in [-0.05, 0) is 23.8 Å². The molecule has 0 spiro atoms. The van der Waals surface area contributed by atoms with Gasteiger partial charge in [-0.25, -0.2) is 9.66 Å². The first-order valence-electron chi connectivity index (χ1n) is 6.21. The Hall–Kier alpha value is -2.82. The molecule has 3 rings (SSSR count). The normalized spacial score (nSPS) is 11.4. The number of hydrogen-bond donors (Lipinski definition) is 2. The highest BCUT2D eigenvalue weighted by atomic mass is 16.3. The highest BCUT2D eigenvalue weighted by Crippen LogP contribution is 2.25. The van der Waals surface area contributed by atoms with Crippen molar-refractivity contribution in [1.82, 2.24) is 9.66 Å². The summed E-state index contributed by atoms with van der Waals surface area (Å²) in [6.45, 7) is 1.85. The van der Waals surface area contributed by atoms with E-state index in [0.29, 0.717) is 11.5 Å². The molecule has 0 amide bonds. The zero-order valence-corrected chi connectivity index (χ0v) is 11.0. The number of imidazole rings is 1. The third-order valence-corrected chi connectivity index (χ3v) is 3.09. The summed E-state index contributed by atoms with van der Waals surface area (Å²) in [5.41, 5.74) is 7.19. The zero-order chi connectivity index (χ0) is 14.1. The van der Waals surface area contributed by atoms with E-state index in [2.05, 4.69) is 10.1 Å². The van der Waals surface area contributed by atoms with E-state index in [4.69, 9.17) is 5.73 Å².